The third kappa shape index (κ3) is 3.09. The van der Waals surface area contributed by atoms with E-state index in [0.717, 1.165) is 5.69 Å². The number of nitrogens with zero attached hydrogens (tertiary/aromatic N) is 3. The smallest absolute Gasteiger partial charge is 0.278 e. The van der Waals surface area contributed by atoms with Crippen LogP contribution in [0.15, 0.2) is 30.7 Å². The Morgan fingerprint density at radius 3 is 2.50 bits per heavy atom. The van der Waals surface area contributed by atoms with Crippen molar-refractivity contribution < 1.29 is 4.79 Å². The molecular weight excluding hydrogens is 254 g/mol. The number of anilines is 2. The summed E-state index contributed by atoms with van der Waals surface area (Å²) in [6, 6.07) is 3.56. The number of nitrogens with one attached hydrogen (secondary N) is 1. The van der Waals surface area contributed by atoms with Crippen molar-refractivity contribution in [2.45, 2.75) is 26.2 Å². The van der Waals surface area contributed by atoms with Gasteiger partial charge in [0.25, 0.3) is 5.91 Å². The maximum atomic E-state index is 12.1. The topological polar surface area (TPSA) is 93.8 Å². The standard InChI is InChI=1S/C14H17N5O/c1-14(2,3)10-8-9(4-5-16-10)19-13(20)11-12(15)18-7-6-17-11/h4-8H,1-3H3,(H2,15,18)(H,16,19,20). The summed E-state index contributed by atoms with van der Waals surface area (Å²) in [6.07, 6.45) is 4.53. The van der Waals surface area contributed by atoms with Gasteiger partial charge in [0.05, 0.1) is 0 Å². The molecule has 0 aliphatic heterocycles. The van der Waals surface area contributed by atoms with E-state index in [1.807, 2.05) is 6.07 Å². The van der Waals surface area contributed by atoms with E-state index in [4.69, 9.17) is 5.73 Å². The van der Waals surface area contributed by atoms with Crippen molar-refractivity contribution in [2.24, 2.45) is 0 Å². The molecule has 2 aromatic rings. The first-order valence-corrected chi connectivity index (χ1v) is 6.22. The number of hydrogen-bond acceptors (Lipinski definition) is 5. The molecule has 0 saturated carbocycles. The van der Waals surface area contributed by atoms with Crippen LogP contribution in [0.2, 0.25) is 0 Å². The summed E-state index contributed by atoms with van der Waals surface area (Å²) in [7, 11) is 0. The molecule has 0 aliphatic carbocycles. The summed E-state index contributed by atoms with van der Waals surface area (Å²) in [6.45, 7) is 6.17. The van der Waals surface area contributed by atoms with Crippen molar-refractivity contribution in [2.75, 3.05) is 11.1 Å². The van der Waals surface area contributed by atoms with E-state index in [-0.39, 0.29) is 22.8 Å². The fourth-order valence-corrected chi connectivity index (χ4v) is 1.63. The number of rotatable bonds is 2. The van der Waals surface area contributed by atoms with E-state index >= 15 is 0 Å². The molecule has 6 nitrogen and oxygen atoms in total. The van der Waals surface area contributed by atoms with Crippen molar-refractivity contribution in [3.63, 3.8) is 0 Å². The monoisotopic (exact) mass is 271 g/mol. The number of nitrogen functional groups attached to an aromatic ring is 1. The first kappa shape index (κ1) is 13.9. The quantitative estimate of drug-likeness (QED) is 0.871. The Morgan fingerprint density at radius 2 is 1.85 bits per heavy atom. The van der Waals surface area contributed by atoms with Crippen molar-refractivity contribution >= 4 is 17.4 Å². The number of nitrogens with two attached hydrogens (primary N) is 1. The number of amides is 1. The molecule has 2 rings (SSSR count). The van der Waals surface area contributed by atoms with Gasteiger partial charge in [-0.3, -0.25) is 9.78 Å². The van der Waals surface area contributed by atoms with Crippen LogP contribution < -0.4 is 11.1 Å². The number of pyridine rings is 1. The lowest BCUT2D eigenvalue weighted by molar-refractivity contribution is 0.102. The van der Waals surface area contributed by atoms with Crippen molar-refractivity contribution in [3.8, 4) is 0 Å². The fraction of sp³-hybridized carbons (Fsp3) is 0.286. The molecule has 0 aromatic carbocycles. The van der Waals surface area contributed by atoms with Crippen LogP contribution in [0, 0.1) is 0 Å². The Balaban J connectivity index is 2.23. The average molecular weight is 271 g/mol. The maximum absolute atomic E-state index is 12.1. The molecule has 0 unspecified atom stereocenters. The van der Waals surface area contributed by atoms with Gasteiger partial charge >= 0.3 is 0 Å². The molecule has 1 amide bonds. The molecule has 104 valence electrons. The minimum absolute atomic E-state index is 0.0910. The zero-order chi connectivity index (χ0) is 14.8. The number of hydrogen-bond donors (Lipinski definition) is 2. The molecular formula is C14H17N5O. The molecule has 0 bridgehead atoms. The molecule has 0 radical (unpaired) electrons. The van der Waals surface area contributed by atoms with E-state index in [2.05, 4.69) is 41.0 Å². The highest BCUT2D eigenvalue weighted by molar-refractivity contribution is 6.05. The van der Waals surface area contributed by atoms with E-state index < -0.39 is 0 Å². The second kappa shape index (κ2) is 5.24. The molecule has 0 atom stereocenters. The Hall–Kier alpha value is -2.50. The Labute approximate surface area is 117 Å². The van der Waals surface area contributed by atoms with Gasteiger partial charge in [0, 0.05) is 35.4 Å². The molecule has 2 aromatic heterocycles. The van der Waals surface area contributed by atoms with Gasteiger partial charge < -0.3 is 11.1 Å². The van der Waals surface area contributed by atoms with Crippen LogP contribution in [0.25, 0.3) is 0 Å². The average Bonchev–Trinajstić information content (AvgIpc) is 2.38. The summed E-state index contributed by atoms with van der Waals surface area (Å²) in [4.78, 5) is 24.2. The number of carbonyl (C=O) groups is 1. The minimum Gasteiger partial charge on any atom is -0.382 e. The third-order valence-electron chi connectivity index (χ3n) is 2.73. The Morgan fingerprint density at radius 1 is 1.15 bits per heavy atom. The van der Waals surface area contributed by atoms with Crippen molar-refractivity contribution in [1.82, 2.24) is 15.0 Å². The van der Waals surface area contributed by atoms with Gasteiger partial charge in [-0.15, -0.1) is 0 Å². The second-order valence-corrected chi connectivity index (χ2v) is 5.42. The molecule has 20 heavy (non-hydrogen) atoms. The lowest BCUT2D eigenvalue weighted by atomic mass is 9.91. The SMILES string of the molecule is CC(C)(C)c1cc(NC(=O)c2nccnc2N)ccn1. The minimum atomic E-state index is -0.387. The highest BCUT2D eigenvalue weighted by Crippen LogP contribution is 2.22. The van der Waals surface area contributed by atoms with Crippen LogP contribution in [-0.4, -0.2) is 20.9 Å². The normalized spacial score (nSPS) is 11.2. The van der Waals surface area contributed by atoms with Gasteiger partial charge in [-0.05, 0) is 12.1 Å². The van der Waals surface area contributed by atoms with Crippen molar-refractivity contribution in [1.29, 1.82) is 0 Å². The lowest BCUT2D eigenvalue weighted by Crippen LogP contribution is -2.18. The number of carbonyl (C=O) groups excluding carboxylic acids is 1. The third-order valence-corrected chi connectivity index (χ3v) is 2.73. The van der Waals surface area contributed by atoms with Crippen LogP contribution in [-0.2, 0) is 5.41 Å². The zero-order valence-electron chi connectivity index (χ0n) is 11.7. The Bertz CT molecular complexity index is 633. The van der Waals surface area contributed by atoms with E-state index in [9.17, 15) is 4.79 Å². The summed E-state index contributed by atoms with van der Waals surface area (Å²) >= 11 is 0. The van der Waals surface area contributed by atoms with Gasteiger partial charge in [0.2, 0.25) is 0 Å². The molecule has 0 fully saturated rings. The highest BCUT2D eigenvalue weighted by atomic mass is 16.1. The van der Waals surface area contributed by atoms with Gasteiger partial charge in [-0.1, -0.05) is 20.8 Å². The van der Waals surface area contributed by atoms with E-state index in [1.165, 1.54) is 12.4 Å². The van der Waals surface area contributed by atoms with E-state index in [0.29, 0.717) is 5.69 Å². The fourth-order valence-electron chi connectivity index (χ4n) is 1.63. The van der Waals surface area contributed by atoms with Crippen LogP contribution in [0.5, 0.6) is 0 Å². The lowest BCUT2D eigenvalue weighted by Gasteiger charge is -2.18. The molecule has 0 aliphatic rings. The molecule has 0 saturated heterocycles. The molecule has 0 spiro atoms. The van der Waals surface area contributed by atoms with Crippen LogP contribution in [0.1, 0.15) is 37.0 Å². The molecule has 2 heterocycles. The Kier molecular flexibility index (Phi) is 3.65. The summed E-state index contributed by atoms with van der Waals surface area (Å²) < 4.78 is 0. The van der Waals surface area contributed by atoms with Crippen LogP contribution in [0.3, 0.4) is 0 Å². The van der Waals surface area contributed by atoms with E-state index in [1.54, 1.807) is 12.3 Å². The predicted octanol–water partition coefficient (Wildman–Crippen LogP) is 2.00. The summed E-state index contributed by atoms with van der Waals surface area (Å²) in [5.74, 6) is -0.281. The van der Waals surface area contributed by atoms with Crippen LogP contribution in [0.4, 0.5) is 11.5 Å². The summed E-state index contributed by atoms with van der Waals surface area (Å²) in [5, 5.41) is 2.75. The molecule has 3 N–H and O–H groups in total. The molecule has 6 heteroatoms. The van der Waals surface area contributed by atoms with Gasteiger partial charge in [-0.2, -0.15) is 0 Å². The zero-order valence-corrected chi connectivity index (χ0v) is 11.7. The first-order chi connectivity index (χ1) is 9.38. The van der Waals surface area contributed by atoms with Gasteiger partial charge in [0.1, 0.15) is 0 Å². The van der Waals surface area contributed by atoms with Crippen molar-refractivity contribution in [3.05, 3.63) is 42.1 Å². The predicted molar refractivity (Wildman–Crippen MR) is 77.3 cm³/mol. The first-order valence-electron chi connectivity index (χ1n) is 6.22. The summed E-state index contributed by atoms with van der Waals surface area (Å²) in [5.41, 5.74) is 7.19. The maximum Gasteiger partial charge on any atom is 0.278 e. The van der Waals surface area contributed by atoms with Gasteiger partial charge in [0.15, 0.2) is 11.5 Å². The highest BCUT2D eigenvalue weighted by Gasteiger charge is 2.17. The van der Waals surface area contributed by atoms with Crippen LogP contribution >= 0.6 is 0 Å². The number of aromatic nitrogens is 3. The second-order valence-electron chi connectivity index (χ2n) is 5.42. The van der Waals surface area contributed by atoms with Gasteiger partial charge in [-0.25, -0.2) is 9.97 Å². The largest absolute Gasteiger partial charge is 0.382 e.